The van der Waals surface area contributed by atoms with Crippen LogP contribution in [-0.4, -0.2) is 11.4 Å². The van der Waals surface area contributed by atoms with E-state index in [1.165, 1.54) is 0 Å². The van der Waals surface area contributed by atoms with Crippen LogP contribution in [0.25, 0.3) is 0 Å². The molecule has 0 unspecified atom stereocenters. The maximum absolute atomic E-state index is 12.3. The molecule has 100 valence electrons. The third-order valence-corrected chi connectivity index (χ3v) is 4.18. The fourth-order valence-corrected chi connectivity index (χ4v) is 1.69. The van der Waals surface area contributed by atoms with Crippen LogP contribution in [0.1, 0.15) is 27.7 Å². The number of nitrogens with two attached hydrogens (primary N) is 1. The molecule has 1 amide bonds. The molecule has 3 N–H and O–H groups in total. The average Bonchev–Trinajstić information content (AvgIpc) is 2.21. The highest BCUT2D eigenvalue weighted by Gasteiger charge is 2.40. The van der Waals surface area contributed by atoms with Gasteiger partial charge in [-0.25, -0.2) is 0 Å². The molecule has 0 radical (unpaired) electrons. The van der Waals surface area contributed by atoms with Gasteiger partial charge in [-0.15, -0.1) is 0 Å². The van der Waals surface area contributed by atoms with Gasteiger partial charge in [0.15, 0.2) is 0 Å². The minimum absolute atomic E-state index is 0.157. The van der Waals surface area contributed by atoms with E-state index in [4.69, 9.17) is 17.3 Å². The molecule has 0 atom stereocenters. The SMILES string of the molecule is CC(C)(N)C(C)(C)C(=O)Nc1cc(Br)ccc1Cl. The molecule has 1 aromatic carbocycles. The highest BCUT2D eigenvalue weighted by atomic mass is 79.9. The number of benzene rings is 1. The van der Waals surface area contributed by atoms with E-state index >= 15 is 0 Å². The van der Waals surface area contributed by atoms with E-state index in [0.717, 1.165) is 4.47 Å². The van der Waals surface area contributed by atoms with Crippen molar-refractivity contribution in [2.45, 2.75) is 33.2 Å². The Bertz CT molecular complexity index is 467. The van der Waals surface area contributed by atoms with Gasteiger partial charge in [-0.1, -0.05) is 27.5 Å². The fraction of sp³-hybridized carbons (Fsp3) is 0.462. The Hall–Kier alpha value is -0.580. The lowest BCUT2D eigenvalue weighted by molar-refractivity contribution is -0.126. The first-order valence-corrected chi connectivity index (χ1v) is 6.78. The highest BCUT2D eigenvalue weighted by molar-refractivity contribution is 9.10. The quantitative estimate of drug-likeness (QED) is 0.884. The molecule has 3 nitrogen and oxygen atoms in total. The lowest BCUT2D eigenvalue weighted by atomic mass is 9.74. The summed E-state index contributed by atoms with van der Waals surface area (Å²) in [6.45, 7) is 7.28. The topological polar surface area (TPSA) is 55.1 Å². The van der Waals surface area contributed by atoms with Crippen LogP contribution >= 0.6 is 27.5 Å². The molecule has 0 aliphatic heterocycles. The summed E-state index contributed by atoms with van der Waals surface area (Å²) >= 11 is 9.38. The molecule has 0 fully saturated rings. The third kappa shape index (κ3) is 3.25. The summed E-state index contributed by atoms with van der Waals surface area (Å²) in [5.74, 6) is -0.157. The normalized spacial score (nSPS) is 12.4. The van der Waals surface area contributed by atoms with E-state index in [9.17, 15) is 4.79 Å². The summed E-state index contributed by atoms with van der Waals surface area (Å²) in [7, 11) is 0. The molecule has 5 heteroatoms. The number of nitrogens with one attached hydrogen (secondary N) is 1. The van der Waals surface area contributed by atoms with Crippen LogP contribution in [0.2, 0.25) is 5.02 Å². The molecule has 18 heavy (non-hydrogen) atoms. The monoisotopic (exact) mass is 332 g/mol. The fourth-order valence-electron chi connectivity index (χ4n) is 1.16. The largest absolute Gasteiger partial charge is 0.325 e. The van der Waals surface area contributed by atoms with Crippen molar-refractivity contribution in [1.82, 2.24) is 0 Å². The van der Waals surface area contributed by atoms with Gasteiger partial charge in [-0.2, -0.15) is 0 Å². The smallest absolute Gasteiger partial charge is 0.231 e. The van der Waals surface area contributed by atoms with Gasteiger partial charge >= 0.3 is 0 Å². The summed E-state index contributed by atoms with van der Waals surface area (Å²) in [5, 5.41) is 3.31. The van der Waals surface area contributed by atoms with Crippen LogP contribution in [-0.2, 0) is 4.79 Å². The third-order valence-electron chi connectivity index (χ3n) is 3.36. The first kappa shape index (κ1) is 15.5. The highest BCUT2D eigenvalue weighted by Crippen LogP contribution is 2.32. The number of hydrogen-bond acceptors (Lipinski definition) is 2. The second-order valence-corrected chi connectivity index (χ2v) is 6.75. The van der Waals surface area contributed by atoms with Gasteiger partial charge in [-0.05, 0) is 45.9 Å². The Morgan fingerprint density at radius 2 is 1.89 bits per heavy atom. The zero-order valence-corrected chi connectivity index (χ0v) is 13.3. The van der Waals surface area contributed by atoms with Crippen molar-refractivity contribution in [3.05, 3.63) is 27.7 Å². The molecule has 1 rings (SSSR count). The maximum Gasteiger partial charge on any atom is 0.231 e. The van der Waals surface area contributed by atoms with E-state index in [1.54, 1.807) is 12.1 Å². The van der Waals surface area contributed by atoms with E-state index in [0.29, 0.717) is 10.7 Å². The Morgan fingerprint density at radius 3 is 2.39 bits per heavy atom. The summed E-state index contributed by atoms with van der Waals surface area (Å²) < 4.78 is 0.854. The number of carbonyl (C=O) groups is 1. The predicted octanol–water partition coefficient (Wildman–Crippen LogP) is 3.80. The van der Waals surface area contributed by atoms with Gasteiger partial charge in [0.05, 0.1) is 16.1 Å². The molecule has 0 saturated carbocycles. The molecule has 0 spiro atoms. The second kappa shape index (κ2) is 5.19. The van der Waals surface area contributed by atoms with Crippen LogP contribution in [0.15, 0.2) is 22.7 Å². The Morgan fingerprint density at radius 1 is 1.33 bits per heavy atom. The van der Waals surface area contributed by atoms with Crippen molar-refractivity contribution in [2.24, 2.45) is 11.1 Å². The molecule has 0 aliphatic carbocycles. The maximum atomic E-state index is 12.3. The van der Waals surface area contributed by atoms with Crippen molar-refractivity contribution >= 4 is 39.1 Å². The number of carbonyl (C=O) groups excluding carboxylic acids is 1. The number of hydrogen-bond donors (Lipinski definition) is 2. The molecular weight excluding hydrogens is 316 g/mol. The Labute approximate surface area is 121 Å². The summed E-state index contributed by atoms with van der Waals surface area (Å²) in [6, 6.07) is 5.30. The van der Waals surface area contributed by atoms with Gasteiger partial charge in [0.1, 0.15) is 0 Å². The zero-order valence-electron chi connectivity index (χ0n) is 11.0. The van der Waals surface area contributed by atoms with Crippen molar-refractivity contribution in [1.29, 1.82) is 0 Å². The van der Waals surface area contributed by atoms with Gasteiger partial charge in [-0.3, -0.25) is 4.79 Å². The first-order valence-electron chi connectivity index (χ1n) is 5.61. The van der Waals surface area contributed by atoms with E-state index in [2.05, 4.69) is 21.2 Å². The minimum Gasteiger partial charge on any atom is -0.325 e. The van der Waals surface area contributed by atoms with Crippen LogP contribution in [0.4, 0.5) is 5.69 Å². The van der Waals surface area contributed by atoms with Crippen molar-refractivity contribution in [3.63, 3.8) is 0 Å². The van der Waals surface area contributed by atoms with Gasteiger partial charge in [0.2, 0.25) is 5.91 Å². The zero-order chi connectivity index (χ0) is 14.1. The second-order valence-electron chi connectivity index (χ2n) is 5.42. The first-order chi connectivity index (χ1) is 8.05. The van der Waals surface area contributed by atoms with Gasteiger partial charge < -0.3 is 11.1 Å². The van der Waals surface area contributed by atoms with Gasteiger partial charge in [0.25, 0.3) is 0 Å². The van der Waals surface area contributed by atoms with Crippen molar-refractivity contribution < 1.29 is 4.79 Å². The molecule has 0 saturated heterocycles. The summed E-state index contributed by atoms with van der Waals surface area (Å²) in [4.78, 5) is 12.3. The predicted molar refractivity (Wildman–Crippen MR) is 79.8 cm³/mol. The minimum atomic E-state index is -0.710. The standard InChI is InChI=1S/C13H18BrClN2O/c1-12(2,13(3,4)16)11(18)17-10-7-8(14)5-6-9(10)15/h5-7H,16H2,1-4H3,(H,17,18). The van der Waals surface area contributed by atoms with E-state index in [-0.39, 0.29) is 5.91 Å². The summed E-state index contributed by atoms with van der Waals surface area (Å²) in [5.41, 5.74) is 5.27. The Kier molecular flexibility index (Phi) is 4.47. The number of halogens is 2. The van der Waals surface area contributed by atoms with Crippen molar-refractivity contribution in [2.75, 3.05) is 5.32 Å². The van der Waals surface area contributed by atoms with Crippen LogP contribution in [0.3, 0.4) is 0 Å². The summed E-state index contributed by atoms with van der Waals surface area (Å²) in [6.07, 6.45) is 0. The molecule has 0 heterocycles. The molecular formula is C13H18BrClN2O. The van der Waals surface area contributed by atoms with E-state index in [1.807, 2.05) is 33.8 Å². The molecule has 0 bridgehead atoms. The number of amides is 1. The Balaban J connectivity index is 2.98. The van der Waals surface area contributed by atoms with Crippen LogP contribution in [0.5, 0.6) is 0 Å². The van der Waals surface area contributed by atoms with Gasteiger partial charge in [0, 0.05) is 10.0 Å². The lowest BCUT2D eigenvalue weighted by Gasteiger charge is -2.36. The molecule has 0 aliphatic rings. The lowest BCUT2D eigenvalue weighted by Crippen LogP contribution is -2.53. The average molecular weight is 334 g/mol. The van der Waals surface area contributed by atoms with E-state index < -0.39 is 11.0 Å². The number of rotatable bonds is 3. The van der Waals surface area contributed by atoms with Crippen LogP contribution < -0.4 is 11.1 Å². The molecule has 1 aromatic rings. The van der Waals surface area contributed by atoms with Crippen LogP contribution in [0, 0.1) is 5.41 Å². The molecule has 0 aromatic heterocycles. The van der Waals surface area contributed by atoms with Crippen molar-refractivity contribution in [3.8, 4) is 0 Å². The number of anilines is 1.